The average Bonchev–Trinajstić information content (AvgIpc) is 2.09. The lowest BCUT2D eigenvalue weighted by molar-refractivity contribution is 0.0858. The molecule has 0 atom stereocenters. The molecule has 0 saturated carbocycles. The van der Waals surface area contributed by atoms with Crippen molar-refractivity contribution in [1.82, 2.24) is 0 Å². The van der Waals surface area contributed by atoms with Gasteiger partial charge in [0.2, 0.25) is 0 Å². The van der Waals surface area contributed by atoms with E-state index in [-0.39, 0.29) is 6.10 Å². The molecule has 0 bridgehead atoms. The molecule has 0 unspecified atom stereocenters. The van der Waals surface area contributed by atoms with Crippen molar-refractivity contribution in [2.24, 2.45) is 5.16 Å². The van der Waals surface area contributed by atoms with E-state index < -0.39 is 0 Å². The maximum atomic E-state index is 5.22. The molecule has 0 N–H and O–H groups in total. The van der Waals surface area contributed by atoms with Crippen LogP contribution < -0.4 is 0 Å². The molecule has 0 aromatic heterocycles. The van der Waals surface area contributed by atoms with E-state index in [1.54, 1.807) is 0 Å². The van der Waals surface area contributed by atoms with Gasteiger partial charge in [-0.1, -0.05) is 29.8 Å². The molecule has 0 aromatic rings. The Bertz CT molecular complexity index is 171. The molecule has 0 saturated heterocycles. The summed E-state index contributed by atoms with van der Waals surface area (Å²) in [7, 11) is 1.48. The van der Waals surface area contributed by atoms with Crippen LogP contribution in [0.4, 0.5) is 0 Å². The number of nitrogens with zero attached hydrogens (tertiary/aromatic N) is 1. The van der Waals surface area contributed by atoms with Crippen LogP contribution in [0.1, 0.15) is 27.7 Å². The highest BCUT2D eigenvalue weighted by molar-refractivity contribution is 8.68. The van der Waals surface area contributed by atoms with Crippen LogP contribution in [0.3, 0.4) is 0 Å². The zero-order valence-electron chi connectivity index (χ0n) is 9.19. The van der Waals surface area contributed by atoms with Crippen LogP contribution in [-0.4, -0.2) is 28.6 Å². The fraction of sp³-hybridized carbons (Fsp3) is 0.889. The lowest BCUT2D eigenvalue weighted by Crippen LogP contribution is -2.10. The SMILES string of the molecule is CC(C)O/N=C(\CSS)CSC(C)C. The van der Waals surface area contributed by atoms with Gasteiger partial charge < -0.3 is 4.84 Å². The summed E-state index contributed by atoms with van der Waals surface area (Å²) in [5, 5.41) is 4.74. The second-order valence-corrected chi connectivity index (χ2v) is 6.33. The third-order valence-corrected chi connectivity index (χ3v) is 3.22. The number of hydrogen-bond acceptors (Lipinski definition) is 5. The average molecular weight is 253 g/mol. The van der Waals surface area contributed by atoms with Gasteiger partial charge >= 0.3 is 0 Å². The second kappa shape index (κ2) is 8.80. The Morgan fingerprint density at radius 1 is 1.29 bits per heavy atom. The molecule has 14 heavy (non-hydrogen) atoms. The van der Waals surface area contributed by atoms with E-state index in [1.807, 2.05) is 25.6 Å². The van der Waals surface area contributed by atoms with Crippen molar-refractivity contribution in [3.05, 3.63) is 0 Å². The van der Waals surface area contributed by atoms with Gasteiger partial charge in [-0.05, 0) is 19.1 Å². The Kier molecular flexibility index (Phi) is 9.13. The van der Waals surface area contributed by atoms with Crippen LogP contribution in [0, 0.1) is 0 Å². The Hall–Kier alpha value is 0.520. The summed E-state index contributed by atoms with van der Waals surface area (Å²) in [5.41, 5.74) is 1.07. The number of oxime groups is 1. The van der Waals surface area contributed by atoms with E-state index in [4.69, 9.17) is 4.84 Å². The van der Waals surface area contributed by atoms with Gasteiger partial charge in [0.05, 0.1) is 5.71 Å². The fourth-order valence-electron chi connectivity index (χ4n) is 0.612. The van der Waals surface area contributed by atoms with Crippen molar-refractivity contribution in [2.75, 3.05) is 11.5 Å². The van der Waals surface area contributed by atoms with Crippen LogP contribution in [0.25, 0.3) is 0 Å². The van der Waals surface area contributed by atoms with Gasteiger partial charge in [0.15, 0.2) is 0 Å². The topological polar surface area (TPSA) is 21.6 Å². The van der Waals surface area contributed by atoms with E-state index in [1.165, 1.54) is 10.8 Å². The van der Waals surface area contributed by atoms with E-state index in [2.05, 4.69) is 30.7 Å². The lowest BCUT2D eigenvalue weighted by Gasteiger charge is -2.08. The van der Waals surface area contributed by atoms with Crippen molar-refractivity contribution in [1.29, 1.82) is 0 Å². The summed E-state index contributed by atoms with van der Waals surface area (Å²) in [6.07, 6.45) is 0.152. The molecule has 2 nitrogen and oxygen atoms in total. The Labute approximate surface area is 100 Å². The Morgan fingerprint density at radius 2 is 1.93 bits per heavy atom. The van der Waals surface area contributed by atoms with Gasteiger partial charge in [-0.2, -0.15) is 11.8 Å². The predicted molar refractivity (Wildman–Crippen MR) is 72.7 cm³/mol. The molecule has 84 valence electrons. The van der Waals surface area contributed by atoms with E-state index in [0.717, 1.165) is 17.2 Å². The molecule has 0 radical (unpaired) electrons. The number of rotatable bonds is 7. The molecule has 0 aromatic carbocycles. The van der Waals surface area contributed by atoms with Crippen molar-refractivity contribution in [2.45, 2.75) is 39.0 Å². The summed E-state index contributed by atoms with van der Waals surface area (Å²) < 4.78 is 0. The lowest BCUT2D eigenvalue weighted by atomic mass is 10.5. The highest BCUT2D eigenvalue weighted by atomic mass is 33.1. The zero-order valence-corrected chi connectivity index (χ0v) is 11.7. The first-order chi connectivity index (χ1) is 6.56. The molecule has 0 aliphatic heterocycles. The highest BCUT2D eigenvalue weighted by Gasteiger charge is 2.03. The smallest absolute Gasteiger partial charge is 0.122 e. The fourth-order valence-corrected chi connectivity index (χ4v) is 2.17. The standard InChI is InChI=1S/C9H19NOS3/c1-7(2)11-10-9(6-14-12)5-13-8(3)4/h7-8,12H,5-6H2,1-4H3/b10-9-. The third-order valence-electron chi connectivity index (χ3n) is 1.21. The van der Waals surface area contributed by atoms with Crippen LogP contribution in [0.2, 0.25) is 0 Å². The predicted octanol–water partition coefficient (Wildman–Crippen LogP) is 3.49. The molecular weight excluding hydrogens is 234 g/mol. The largest absolute Gasteiger partial charge is 0.393 e. The summed E-state index contributed by atoms with van der Waals surface area (Å²) in [5.74, 6) is 1.76. The van der Waals surface area contributed by atoms with Crippen molar-refractivity contribution < 1.29 is 4.84 Å². The zero-order chi connectivity index (χ0) is 11.0. The minimum atomic E-state index is 0.152. The van der Waals surface area contributed by atoms with Crippen LogP contribution in [-0.2, 0) is 4.84 Å². The summed E-state index contributed by atoms with van der Waals surface area (Å²) in [6, 6.07) is 0. The first kappa shape index (κ1) is 14.5. The van der Waals surface area contributed by atoms with Crippen LogP contribution >= 0.6 is 34.2 Å². The van der Waals surface area contributed by atoms with Crippen molar-refractivity contribution >= 4 is 39.9 Å². The Balaban J connectivity index is 3.93. The molecule has 0 amide bonds. The molecule has 0 aliphatic carbocycles. The molecule has 0 fully saturated rings. The summed E-state index contributed by atoms with van der Waals surface area (Å²) in [4.78, 5) is 5.22. The number of thiol groups is 1. The van der Waals surface area contributed by atoms with Crippen molar-refractivity contribution in [3.63, 3.8) is 0 Å². The maximum Gasteiger partial charge on any atom is 0.122 e. The van der Waals surface area contributed by atoms with Crippen LogP contribution in [0.5, 0.6) is 0 Å². The molecule has 0 spiro atoms. The molecular formula is C9H19NOS3. The van der Waals surface area contributed by atoms with Crippen molar-refractivity contribution in [3.8, 4) is 0 Å². The van der Waals surface area contributed by atoms with E-state index in [9.17, 15) is 0 Å². The summed E-state index contributed by atoms with van der Waals surface area (Å²) >= 11 is 5.99. The first-order valence-electron chi connectivity index (χ1n) is 4.65. The van der Waals surface area contributed by atoms with Gasteiger partial charge in [-0.25, -0.2) is 0 Å². The van der Waals surface area contributed by atoms with E-state index in [0.29, 0.717) is 5.25 Å². The minimum absolute atomic E-state index is 0.152. The molecule has 0 aliphatic rings. The third kappa shape index (κ3) is 9.09. The van der Waals surface area contributed by atoms with E-state index >= 15 is 0 Å². The van der Waals surface area contributed by atoms with Gasteiger partial charge in [0, 0.05) is 11.5 Å². The molecule has 5 heteroatoms. The molecule has 0 heterocycles. The molecule has 0 rings (SSSR count). The highest BCUT2D eigenvalue weighted by Crippen LogP contribution is 2.13. The first-order valence-corrected chi connectivity index (χ1v) is 7.74. The quantitative estimate of drug-likeness (QED) is 0.325. The minimum Gasteiger partial charge on any atom is -0.393 e. The number of thioether (sulfide) groups is 1. The van der Waals surface area contributed by atoms with Gasteiger partial charge in [0.25, 0.3) is 0 Å². The normalized spacial score (nSPS) is 12.6. The van der Waals surface area contributed by atoms with Gasteiger partial charge in [-0.3, -0.25) is 0 Å². The Morgan fingerprint density at radius 3 is 2.36 bits per heavy atom. The maximum absolute atomic E-state index is 5.22. The van der Waals surface area contributed by atoms with Gasteiger partial charge in [0.1, 0.15) is 6.10 Å². The summed E-state index contributed by atoms with van der Waals surface area (Å²) in [6.45, 7) is 8.31. The van der Waals surface area contributed by atoms with Gasteiger partial charge in [-0.15, -0.1) is 11.7 Å². The second-order valence-electron chi connectivity index (χ2n) is 3.44. The number of hydrogen-bond donors (Lipinski definition) is 1. The monoisotopic (exact) mass is 253 g/mol. The van der Waals surface area contributed by atoms with Crippen LogP contribution in [0.15, 0.2) is 5.16 Å².